The Morgan fingerprint density at radius 2 is 2.00 bits per heavy atom. The van der Waals surface area contributed by atoms with Crippen molar-refractivity contribution in [1.82, 2.24) is 4.98 Å². The maximum absolute atomic E-state index is 11.1. The molecule has 0 saturated heterocycles. The van der Waals surface area contributed by atoms with Crippen molar-refractivity contribution in [3.8, 4) is 17.2 Å². The minimum Gasteiger partial charge on any atom is -0.478 e. The van der Waals surface area contributed by atoms with E-state index >= 15 is 0 Å². The Hall–Kier alpha value is -2.56. The van der Waals surface area contributed by atoms with E-state index in [1.807, 2.05) is 13.0 Å². The van der Waals surface area contributed by atoms with Crippen LogP contribution in [0.3, 0.4) is 0 Å². The van der Waals surface area contributed by atoms with E-state index in [4.69, 9.17) is 14.6 Å². The molecule has 2 atom stereocenters. The lowest BCUT2D eigenvalue weighted by molar-refractivity contribution is -0.144. The highest BCUT2D eigenvalue weighted by molar-refractivity contribution is 5.76. The molecule has 2 heterocycles. The quantitative estimate of drug-likeness (QED) is 0.929. The molecule has 0 amide bonds. The first kappa shape index (κ1) is 12.5. The van der Waals surface area contributed by atoms with Crippen molar-refractivity contribution in [2.45, 2.75) is 18.9 Å². The minimum atomic E-state index is -0.953. The van der Waals surface area contributed by atoms with Crippen LogP contribution in [0, 0.1) is 0 Å². The average molecular weight is 271 g/mol. The fraction of sp³-hybridized carbons (Fsp3) is 0.200. The first-order chi connectivity index (χ1) is 9.65. The first-order valence-corrected chi connectivity index (χ1v) is 6.26. The second-order valence-corrected chi connectivity index (χ2v) is 4.65. The number of aromatic nitrogens is 1. The molecular weight excluding hydrogens is 258 g/mol. The summed E-state index contributed by atoms with van der Waals surface area (Å²) in [6.07, 6.45) is 2.46. The Morgan fingerprint density at radius 3 is 2.70 bits per heavy atom. The van der Waals surface area contributed by atoms with Gasteiger partial charge in [-0.1, -0.05) is 6.92 Å². The Labute approximate surface area is 115 Å². The van der Waals surface area contributed by atoms with E-state index in [1.165, 1.54) is 0 Å². The number of carbonyl (C=O) groups is 1. The van der Waals surface area contributed by atoms with E-state index in [-0.39, 0.29) is 5.92 Å². The summed E-state index contributed by atoms with van der Waals surface area (Å²) in [6, 6.07) is 8.84. The van der Waals surface area contributed by atoms with Crippen LogP contribution in [-0.4, -0.2) is 22.2 Å². The van der Waals surface area contributed by atoms with Gasteiger partial charge >= 0.3 is 5.97 Å². The Kier molecular flexibility index (Phi) is 3.02. The van der Waals surface area contributed by atoms with Crippen LogP contribution < -0.4 is 9.47 Å². The van der Waals surface area contributed by atoms with Gasteiger partial charge in [0.15, 0.2) is 0 Å². The molecule has 1 aromatic heterocycles. The lowest BCUT2D eigenvalue weighted by Gasteiger charge is -2.09. The number of carboxylic acid groups (broad SMARTS) is 1. The number of aliphatic carboxylic acids is 1. The van der Waals surface area contributed by atoms with E-state index in [1.54, 1.807) is 36.7 Å². The first-order valence-electron chi connectivity index (χ1n) is 6.26. The van der Waals surface area contributed by atoms with Crippen LogP contribution in [0.4, 0.5) is 0 Å². The number of benzene rings is 1. The summed E-state index contributed by atoms with van der Waals surface area (Å²) >= 11 is 0. The van der Waals surface area contributed by atoms with Gasteiger partial charge in [-0.05, 0) is 30.3 Å². The number of rotatable bonds is 3. The van der Waals surface area contributed by atoms with Gasteiger partial charge in [0.2, 0.25) is 6.10 Å². The zero-order chi connectivity index (χ0) is 14.1. The van der Waals surface area contributed by atoms with Gasteiger partial charge in [0.1, 0.15) is 17.2 Å². The molecule has 102 valence electrons. The lowest BCUT2D eigenvalue weighted by Crippen LogP contribution is -2.27. The van der Waals surface area contributed by atoms with Crippen molar-refractivity contribution in [3.63, 3.8) is 0 Å². The normalized spacial score (nSPS) is 20.1. The van der Waals surface area contributed by atoms with Crippen molar-refractivity contribution in [1.29, 1.82) is 0 Å². The van der Waals surface area contributed by atoms with Crippen LogP contribution >= 0.6 is 0 Å². The van der Waals surface area contributed by atoms with Gasteiger partial charge in [-0.2, -0.15) is 0 Å². The van der Waals surface area contributed by atoms with Gasteiger partial charge in [0.25, 0.3) is 0 Å². The predicted octanol–water partition coefficient (Wildman–Crippen LogP) is 2.82. The van der Waals surface area contributed by atoms with Gasteiger partial charge in [-0.3, -0.25) is 4.98 Å². The number of fused-ring (bicyclic) bond motifs is 1. The van der Waals surface area contributed by atoms with Crippen LogP contribution in [-0.2, 0) is 4.79 Å². The van der Waals surface area contributed by atoms with Gasteiger partial charge in [-0.25, -0.2) is 4.79 Å². The topological polar surface area (TPSA) is 68.7 Å². The second kappa shape index (κ2) is 4.85. The molecule has 1 N–H and O–H groups in total. The maximum Gasteiger partial charge on any atom is 0.345 e. The van der Waals surface area contributed by atoms with E-state index in [0.717, 1.165) is 5.56 Å². The Balaban J connectivity index is 1.86. The molecule has 1 aliphatic heterocycles. The van der Waals surface area contributed by atoms with Crippen LogP contribution in [0.2, 0.25) is 0 Å². The fourth-order valence-electron chi connectivity index (χ4n) is 2.26. The summed E-state index contributed by atoms with van der Waals surface area (Å²) in [5, 5.41) is 9.10. The molecule has 3 rings (SSSR count). The van der Waals surface area contributed by atoms with Crippen LogP contribution in [0.25, 0.3) is 0 Å². The van der Waals surface area contributed by atoms with E-state index in [9.17, 15) is 4.79 Å². The largest absolute Gasteiger partial charge is 0.478 e. The third-order valence-corrected chi connectivity index (χ3v) is 3.31. The number of pyridine rings is 1. The molecular formula is C15H13NO4. The summed E-state index contributed by atoms with van der Waals surface area (Å²) in [7, 11) is 0. The van der Waals surface area contributed by atoms with Crippen molar-refractivity contribution in [2.75, 3.05) is 0 Å². The number of nitrogens with zero attached hydrogens (tertiary/aromatic N) is 1. The van der Waals surface area contributed by atoms with E-state index in [0.29, 0.717) is 17.2 Å². The molecule has 1 aliphatic rings. The third-order valence-electron chi connectivity index (χ3n) is 3.31. The number of hydrogen-bond acceptors (Lipinski definition) is 4. The lowest BCUT2D eigenvalue weighted by atomic mass is 9.97. The molecule has 0 radical (unpaired) electrons. The summed E-state index contributed by atoms with van der Waals surface area (Å²) in [5.41, 5.74) is 0.851. The minimum absolute atomic E-state index is 0.205. The molecule has 1 aromatic carbocycles. The molecule has 5 nitrogen and oxygen atoms in total. The smallest absolute Gasteiger partial charge is 0.345 e. The third kappa shape index (κ3) is 2.18. The highest BCUT2D eigenvalue weighted by atomic mass is 16.5. The standard InChI is InChI=1S/C15H13NO4/c1-9-12-8-11(19-10-4-6-16-7-5-10)2-3-13(12)20-14(9)15(17)18/h2-9,14H,1H3,(H,17,18). The monoisotopic (exact) mass is 271 g/mol. The van der Waals surface area contributed by atoms with Crippen molar-refractivity contribution < 1.29 is 19.4 Å². The summed E-state index contributed by atoms with van der Waals surface area (Å²) in [5.74, 6) is 0.776. The number of carboxylic acids is 1. The molecule has 0 fully saturated rings. The average Bonchev–Trinajstić information content (AvgIpc) is 2.77. The van der Waals surface area contributed by atoms with Crippen LogP contribution in [0.1, 0.15) is 18.4 Å². The summed E-state index contributed by atoms with van der Waals surface area (Å²) in [4.78, 5) is 15.0. The summed E-state index contributed by atoms with van der Waals surface area (Å²) in [6.45, 7) is 1.83. The molecule has 2 aromatic rings. The van der Waals surface area contributed by atoms with Crippen molar-refractivity contribution >= 4 is 5.97 Å². The fourth-order valence-corrected chi connectivity index (χ4v) is 2.26. The molecule has 20 heavy (non-hydrogen) atoms. The maximum atomic E-state index is 11.1. The SMILES string of the molecule is CC1c2cc(Oc3ccncc3)ccc2OC1C(=O)O. The van der Waals surface area contributed by atoms with Gasteiger partial charge in [0, 0.05) is 23.9 Å². The molecule has 2 unspecified atom stereocenters. The highest BCUT2D eigenvalue weighted by Gasteiger charge is 2.36. The van der Waals surface area contributed by atoms with Gasteiger partial charge in [-0.15, -0.1) is 0 Å². The Morgan fingerprint density at radius 1 is 1.25 bits per heavy atom. The van der Waals surface area contributed by atoms with Gasteiger partial charge < -0.3 is 14.6 Å². The second-order valence-electron chi connectivity index (χ2n) is 4.65. The Bertz CT molecular complexity index is 642. The van der Waals surface area contributed by atoms with Crippen LogP contribution in [0.5, 0.6) is 17.2 Å². The van der Waals surface area contributed by atoms with Gasteiger partial charge in [0.05, 0.1) is 0 Å². The zero-order valence-electron chi connectivity index (χ0n) is 10.8. The zero-order valence-corrected chi connectivity index (χ0v) is 10.8. The molecule has 0 bridgehead atoms. The molecule has 5 heteroatoms. The summed E-state index contributed by atoms with van der Waals surface area (Å²) < 4.78 is 11.1. The number of ether oxygens (including phenoxy) is 2. The molecule has 0 saturated carbocycles. The van der Waals surface area contributed by atoms with E-state index in [2.05, 4.69) is 4.98 Å². The van der Waals surface area contributed by atoms with Crippen molar-refractivity contribution in [3.05, 3.63) is 48.3 Å². The number of hydrogen-bond donors (Lipinski definition) is 1. The molecule has 0 aliphatic carbocycles. The van der Waals surface area contributed by atoms with Crippen molar-refractivity contribution in [2.24, 2.45) is 0 Å². The molecule has 0 spiro atoms. The highest BCUT2D eigenvalue weighted by Crippen LogP contribution is 2.40. The van der Waals surface area contributed by atoms with Crippen LogP contribution in [0.15, 0.2) is 42.7 Å². The van der Waals surface area contributed by atoms with E-state index < -0.39 is 12.1 Å². The predicted molar refractivity (Wildman–Crippen MR) is 71.2 cm³/mol.